The summed E-state index contributed by atoms with van der Waals surface area (Å²) in [7, 11) is 0. The molecule has 22 heavy (non-hydrogen) atoms. The van der Waals surface area contributed by atoms with Crippen LogP contribution in [-0.4, -0.2) is 21.7 Å². The van der Waals surface area contributed by atoms with Gasteiger partial charge in [-0.2, -0.15) is 5.10 Å². The average molecular weight is 302 g/mol. The number of nitrogens with zero attached hydrogens (tertiary/aromatic N) is 2. The molecule has 0 amide bonds. The molecule has 2 rings (SSSR count). The fourth-order valence-electron chi connectivity index (χ4n) is 2.33. The van der Waals surface area contributed by atoms with Crippen LogP contribution in [0.1, 0.15) is 37.6 Å². The second-order valence-corrected chi connectivity index (χ2v) is 6.37. The molecule has 0 radical (unpaired) electrons. The lowest BCUT2D eigenvalue weighted by Gasteiger charge is -2.18. The topological polar surface area (TPSA) is 83.8 Å². The molecule has 6 nitrogen and oxygen atoms in total. The molecule has 2 aromatic rings. The first kappa shape index (κ1) is 16.2. The Morgan fingerprint density at radius 2 is 1.95 bits per heavy atom. The molecule has 0 atom stereocenters. The van der Waals surface area contributed by atoms with Crippen LogP contribution in [0.4, 0.5) is 5.69 Å². The van der Waals surface area contributed by atoms with Gasteiger partial charge in [0, 0.05) is 35.3 Å². The highest BCUT2D eigenvalue weighted by Gasteiger charge is 2.19. The Kier molecular flexibility index (Phi) is 4.92. The number of benzene rings is 1. The van der Waals surface area contributed by atoms with Crippen LogP contribution >= 0.6 is 0 Å². The van der Waals surface area contributed by atoms with Crippen LogP contribution in [0.3, 0.4) is 0 Å². The molecule has 0 spiro atoms. The molecule has 0 aliphatic rings. The third-order valence-corrected chi connectivity index (χ3v) is 3.52. The lowest BCUT2D eigenvalue weighted by Crippen LogP contribution is -2.20. The monoisotopic (exact) mass is 302 g/mol. The minimum absolute atomic E-state index is 0.0475. The smallest absolute Gasteiger partial charge is 0.269 e. The molecule has 1 heterocycles. The summed E-state index contributed by atoms with van der Waals surface area (Å²) in [4.78, 5) is 10.2. The van der Waals surface area contributed by atoms with Gasteiger partial charge >= 0.3 is 0 Å². The molecule has 0 unspecified atom stereocenters. The van der Waals surface area contributed by atoms with Crippen molar-refractivity contribution in [2.75, 3.05) is 6.54 Å². The molecular weight excluding hydrogens is 280 g/mol. The van der Waals surface area contributed by atoms with E-state index < -0.39 is 0 Å². The number of aromatic nitrogens is 2. The van der Waals surface area contributed by atoms with Gasteiger partial charge < -0.3 is 5.32 Å². The highest BCUT2D eigenvalue weighted by Crippen LogP contribution is 2.23. The van der Waals surface area contributed by atoms with Crippen LogP contribution in [0.25, 0.3) is 0 Å². The molecule has 0 saturated heterocycles. The van der Waals surface area contributed by atoms with Crippen molar-refractivity contribution in [1.29, 1.82) is 0 Å². The normalized spacial score (nSPS) is 11.6. The van der Waals surface area contributed by atoms with Crippen molar-refractivity contribution in [3.63, 3.8) is 0 Å². The van der Waals surface area contributed by atoms with Gasteiger partial charge in [-0.05, 0) is 18.5 Å². The number of aromatic amines is 1. The van der Waals surface area contributed by atoms with Crippen LogP contribution < -0.4 is 5.32 Å². The number of rotatable bonds is 6. The van der Waals surface area contributed by atoms with Gasteiger partial charge in [-0.3, -0.25) is 15.2 Å². The van der Waals surface area contributed by atoms with Crippen molar-refractivity contribution in [1.82, 2.24) is 15.5 Å². The summed E-state index contributed by atoms with van der Waals surface area (Å²) in [6.07, 6.45) is 2.69. The predicted octanol–water partition coefficient (Wildman–Crippen LogP) is 2.95. The number of nitro groups is 1. The molecule has 1 aromatic heterocycles. The predicted molar refractivity (Wildman–Crippen MR) is 85.8 cm³/mol. The molecule has 2 N–H and O–H groups in total. The molecule has 0 aliphatic heterocycles. The van der Waals surface area contributed by atoms with E-state index in [4.69, 9.17) is 0 Å². The Hall–Kier alpha value is -2.21. The van der Waals surface area contributed by atoms with Crippen molar-refractivity contribution >= 4 is 5.69 Å². The van der Waals surface area contributed by atoms with E-state index >= 15 is 0 Å². The molecule has 6 heteroatoms. The minimum atomic E-state index is -0.380. The molecule has 1 aromatic carbocycles. The Balaban J connectivity index is 1.82. The number of hydrogen-bond donors (Lipinski definition) is 2. The van der Waals surface area contributed by atoms with Gasteiger partial charge in [-0.15, -0.1) is 0 Å². The maximum absolute atomic E-state index is 10.6. The van der Waals surface area contributed by atoms with E-state index in [2.05, 4.69) is 36.3 Å². The van der Waals surface area contributed by atoms with Gasteiger partial charge in [0.2, 0.25) is 0 Å². The van der Waals surface area contributed by atoms with Crippen LogP contribution in [0.15, 0.2) is 30.5 Å². The SMILES string of the molecule is CC(C)(C)c1[nH]ncc1CNCCc1ccc([N+](=O)[O-])cc1. The second-order valence-electron chi connectivity index (χ2n) is 6.37. The van der Waals surface area contributed by atoms with E-state index in [1.807, 2.05) is 6.20 Å². The van der Waals surface area contributed by atoms with Gasteiger partial charge in [0.05, 0.1) is 11.1 Å². The van der Waals surface area contributed by atoms with E-state index in [1.54, 1.807) is 24.3 Å². The highest BCUT2D eigenvalue weighted by molar-refractivity contribution is 5.33. The first-order valence-electron chi connectivity index (χ1n) is 7.34. The highest BCUT2D eigenvalue weighted by atomic mass is 16.6. The summed E-state index contributed by atoms with van der Waals surface area (Å²) >= 11 is 0. The summed E-state index contributed by atoms with van der Waals surface area (Å²) in [6.45, 7) is 8.03. The number of nitrogens with one attached hydrogen (secondary N) is 2. The zero-order valence-electron chi connectivity index (χ0n) is 13.2. The first-order valence-corrected chi connectivity index (χ1v) is 7.34. The van der Waals surface area contributed by atoms with Gasteiger partial charge in [-0.1, -0.05) is 32.9 Å². The average Bonchev–Trinajstić information content (AvgIpc) is 2.92. The Morgan fingerprint density at radius 3 is 2.55 bits per heavy atom. The van der Waals surface area contributed by atoms with E-state index in [0.29, 0.717) is 0 Å². The van der Waals surface area contributed by atoms with Gasteiger partial charge in [0.1, 0.15) is 0 Å². The standard InChI is InChI=1S/C16H22N4O2/c1-16(2,3)15-13(11-18-19-15)10-17-9-8-12-4-6-14(7-5-12)20(21)22/h4-7,11,17H,8-10H2,1-3H3,(H,18,19). The number of hydrogen-bond acceptors (Lipinski definition) is 4. The largest absolute Gasteiger partial charge is 0.312 e. The van der Waals surface area contributed by atoms with Crippen molar-refractivity contribution in [3.05, 3.63) is 57.4 Å². The minimum Gasteiger partial charge on any atom is -0.312 e. The Labute approximate surface area is 130 Å². The molecule has 0 saturated carbocycles. The van der Waals surface area contributed by atoms with E-state index in [1.165, 1.54) is 5.56 Å². The van der Waals surface area contributed by atoms with Crippen molar-refractivity contribution < 1.29 is 4.92 Å². The maximum Gasteiger partial charge on any atom is 0.269 e. The first-order chi connectivity index (χ1) is 10.4. The zero-order valence-corrected chi connectivity index (χ0v) is 13.2. The van der Waals surface area contributed by atoms with Gasteiger partial charge in [0.25, 0.3) is 5.69 Å². The summed E-state index contributed by atoms with van der Waals surface area (Å²) in [6, 6.07) is 6.70. The molecule has 118 valence electrons. The number of nitro benzene ring substituents is 1. The van der Waals surface area contributed by atoms with Crippen LogP contribution in [0, 0.1) is 10.1 Å². The van der Waals surface area contributed by atoms with E-state index in [-0.39, 0.29) is 16.0 Å². The third kappa shape index (κ3) is 4.14. The molecule has 0 fully saturated rings. The molecule has 0 bridgehead atoms. The molecular formula is C16H22N4O2. The van der Waals surface area contributed by atoms with Crippen LogP contribution in [0.5, 0.6) is 0 Å². The van der Waals surface area contributed by atoms with Crippen LogP contribution in [-0.2, 0) is 18.4 Å². The third-order valence-electron chi connectivity index (χ3n) is 3.52. The van der Waals surface area contributed by atoms with Crippen molar-refractivity contribution in [2.24, 2.45) is 0 Å². The summed E-state index contributed by atoms with van der Waals surface area (Å²) in [5.41, 5.74) is 3.59. The summed E-state index contributed by atoms with van der Waals surface area (Å²) in [5.74, 6) is 0. The number of non-ortho nitro benzene ring substituents is 1. The Bertz CT molecular complexity index is 626. The van der Waals surface area contributed by atoms with E-state index in [0.717, 1.165) is 30.8 Å². The number of H-pyrrole nitrogens is 1. The summed E-state index contributed by atoms with van der Waals surface area (Å²) < 4.78 is 0. The lowest BCUT2D eigenvalue weighted by atomic mass is 9.89. The van der Waals surface area contributed by atoms with Crippen molar-refractivity contribution in [3.8, 4) is 0 Å². The maximum atomic E-state index is 10.6. The van der Waals surface area contributed by atoms with Crippen LogP contribution in [0.2, 0.25) is 0 Å². The fraction of sp³-hybridized carbons (Fsp3) is 0.438. The lowest BCUT2D eigenvalue weighted by molar-refractivity contribution is -0.384. The van der Waals surface area contributed by atoms with E-state index in [9.17, 15) is 10.1 Å². The fourth-order valence-corrected chi connectivity index (χ4v) is 2.33. The Morgan fingerprint density at radius 1 is 1.27 bits per heavy atom. The summed E-state index contributed by atoms with van der Waals surface area (Å²) in [5, 5.41) is 21.2. The zero-order chi connectivity index (χ0) is 16.2. The van der Waals surface area contributed by atoms with Crippen molar-refractivity contribution in [2.45, 2.75) is 39.2 Å². The van der Waals surface area contributed by atoms with Gasteiger partial charge in [-0.25, -0.2) is 0 Å². The molecule has 0 aliphatic carbocycles. The second kappa shape index (κ2) is 6.70. The van der Waals surface area contributed by atoms with Gasteiger partial charge in [0.15, 0.2) is 0 Å². The quantitative estimate of drug-likeness (QED) is 0.488.